The Labute approximate surface area is 195 Å². The second-order valence-electron chi connectivity index (χ2n) is 7.28. The maximum absolute atomic E-state index is 12.6. The Bertz CT molecular complexity index is 1380. The number of nitrogens with one attached hydrogen (secondary N) is 1. The van der Waals surface area contributed by atoms with Gasteiger partial charge in [-0.3, -0.25) is 0 Å². The number of aryl methyl sites for hydroxylation is 1. The minimum absolute atomic E-state index is 0.157. The fraction of sp³-hybridized carbons (Fsp3) is 0.0800. The predicted molar refractivity (Wildman–Crippen MR) is 132 cm³/mol. The average Bonchev–Trinajstić information content (AvgIpc) is 2.78. The molecule has 0 aliphatic heterocycles. The van der Waals surface area contributed by atoms with Crippen LogP contribution in [-0.2, 0) is 16.6 Å². The highest BCUT2D eigenvalue weighted by atomic mass is 79.9. The Morgan fingerprint density at radius 2 is 1.75 bits per heavy atom. The fourth-order valence-electron chi connectivity index (χ4n) is 3.25. The largest absolute Gasteiger partial charge is 0.488 e. The van der Waals surface area contributed by atoms with E-state index in [-0.39, 0.29) is 4.90 Å². The molecule has 4 aromatic rings. The van der Waals surface area contributed by atoms with Crippen LogP contribution in [0.4, 0.5) is 0 Å². The molecular formula is C25H21BrN2O3S. The van der Waals surface area contributed by atoms with Crippen molar-refractivity contribution < 1.29 is 13.2 Å². The second kappa shape index (κ2) is 9.54. The molecule has 0 aromatic heterocycles. The van der Waals surface area contributed by atoms with Gasteiger partial charge in [-0.2, -0.15) is 13.5 Å². The fourth-order valence-corrected chi connectivity index (χ4v) is 4.49. The molecule has 1 N–H and O–H groups in total. The molecule has 0 spiro atoms. The number of hydrazone groups is 1. The van der Waals surface area contributed by atoms with Gasteiger partial charge in [-0.15, -0.1) is 0 Å². The lowest BCUT2D eigenvalue weighted by Crippen LogP contribution is -2.18. The summed E-state index contributed by atoms with van der Waals surface area (Å²) in [6.07, 6.45) is 1.49. The predicted octanol–water partition coefficient (Wildman–Crippen LogP) is 5.80. The number of hydrogen-bond acceptors (Lipinski definition) is 4. The van der Waals surface area contributed by atoms with Crippen molar-refractivity contribution in [2.45, 2.75) is 18.4 Å². The number of rotatable bonds is 7. The lowest BCUT2D eigenvalue weighted by atomic mass is 10.0. The highest BCUT2D eigenvalue weighted by Crippen LogP contribution is 2.27. The maximum Gasteiger partial charge on any atom is 0.276 e. The molecule has 4 rings (SSSR count). The summed E-state index contributed by atoms with van der Waals surface area (Å²) >= 11 is 3.47. The lowest BCUT2D eigenvalue weighted by molar-refractivity contribution is 0.306. The molecule has 0 amide bonds. The van der Waals surface area contributed by atoms with E-state index in [4.69, 9.17) is 4.74 Å². The highest BCUT2D eigenvalue weighted by molar-refractivity contribution is 9.10. The van der Waals surface area contributed by atoms with Crippen LogP contribution in [-0.4, -0.2) is 14.6 Å². The number of nitrogens with zero attached hydrogens (tertiary/aromatic N) is 1. The summed E-state index contributed by atoms with van der Waals surface area (Å²) in [5.74, 6) is 0.613. The van der Waals surface area contributed by atoms with Crippen LogP contribution in [0.15, 0.2) is 99.4 Å². The first-order valence-electron chi connectivity index (χ1n) is 9.93. The van der Waals surface area contributed by atoms with Crippen LogP contribution in [0, 0.1) is 6.92 Å². The summed E-state index contributed by atoms with van der Waals surface area (Å²) in [6.45, 7) is 2.27. The van der Waals surface area contributed by atoms with E-state index < -0.39 is 10.0 Å². The Morgan fingerprint density at radius 1 is 0.969 bits per heavy atom. The standard InChI is InChI=1S/C25H21BrN2O3S/c1-18-9-12-22(13-10-18)32(29,30)28-27-16-24-23-8-3-2-6-20(23)11-14-25(24)31-17-19-5-4-7-21(26)15-19/h2-16,28H,17H2,1H3/b27-16-. The first-order valence-corrected chi connectivity index (χ1v) is 12.2. The van der Waals surface area contributed by atoms with Crippen LogP contribution < -0.4 is 9.57 Å². The Balaban J connectivity index is 1.62. The van der Waals surface area contributed by atoms with Gasteiger partial charge in [0, 0.05) is 10.0 Å². The molecule has 0 unspecified atom stereocenters. The molecule has 0 aliphatic carbocycles. The van der Waals surface area contributed by atoms with Gasteiger partial charge in [-0.25, -0.2) is 4.83 Å². The van der Waals surface area contributed by atoms with E-state index in [9.17, 15) is 8.42 Å². The van der Waals surface area contributed by atoms with Crippen molar-refractivity contribution in [3.63, 3.8) is 0 Å². The second-order valence-corrected chi connectivity index (χ2v) is 9.86. The van der Waals surface area contributed by atoms with Crippen molar-refractivity contribution in [3.8, 4) is 5.75 Å². The van der Waals surface area contributed by atoms with Gasteiger partial charge in [0.2, 0.25) is 0 Å². The molecule has 32 heavy (non-hydrogen) atoms. The van der Waals surface area contributed by atoms with Crippen LogP contribution in [0.3, 0.4) is 0 Å². The molecule has 0 saturated heterocycles. The number of ether oxygens (including phenoxy) is 1. The molecule has 0 saturated carbocycles. The molecule has 5 nitrogen and oxygen atoms in total. The maximum atomic E-state index is 12.6. The Hall–Kier alpha value is -3.16. The number of sulfonamides is 1. The zero-order valence-corrected chi connectivity index (χ0v) is 19.7. The monoisotopic (exact) mass is 508 g/mol. The van der Waals surface area contributed by atoms with Crippen LogP contribution in [0.25, 0.3) is 10.8 Å². The SMILES string of the molecule is Cc1ccc(S(=O)(=O)N/N=C\c2c(OCc3cccc(Br)c3)ccc3ccccc23)cc1. The van der Waals surface area contributed by atoms with Gasteiger partial charge < -0.3 is 4.74 Å². The van der Waals surface area contributed by atoms with Gasteiger partial charge in [0.25, 0.3) is 10.0 Å². The van der Waals surface area contributed by atoms with E-state index in [1.165, 1.54) is 6.21 Å². The molecule has 0 heterocycles. The Kier molecular flexibility index (Phi) is 6.58. The smallest absolute Gasteiger partial charge is 0.276 e. The van der Waals surface area contributed by atoms with Crippen molar-refractivity contribution in [3.05, 3.63) is 106 Å². The van der Waals surface area contributed by atoms with E-state index >= 15 is 0 Å². The number of benzene rings is 4. The molecule has 7 heteroatoms. The molecule has 162 valence electrons. The normalized spacial score (nSPS) is 11.7. The zero-order valence-electron chi connectivity index (χ0n) is 17.3. The highest BCUT2D eigenvalue weighted by Gasteiger charge is 2.13. The molecule has 0 aliphatic rings. The molecular weight excluding hydrogens is 488 g/mol. The lowest BCUT2D eigenvalue weighted by Gasteiger charge is -2.12. The number of fused-ring (bicyclic) bond motifs is 1. The molecule has 0 radical (unpaired) electrons. The van der Waals surface area contributed by atoms with Crippen molar-refractivity contribution >= 4 is 42.9 Å². The van der Waals surface area contributed by atoms with Gasteiger partial charge in [0.1, 0.15) is 12.4 Å². The molecule has 0 fully saturated rings. The summed E-state index contributed by atoms with van der Waals surface area (Å²) in [6, 6.07) is 26.1. The zero-order chi connectivity index (χ0) is 22.6. The molecule has 4 aromatic carbocycles. The third-order valence-electron chi connectivity index (χ3n) is 4.91. The van der Waals surface area contributed by atoms with E-state index in [0.29, 0.717) is 17.9 Å². The van der Waals surface area contributed by atoms with E-state index in [2.05, 4.69) is 25.9 Å². The van der Waals surface area contributed by atoms with Gasteiger partial charge >= 0.3 is 0 Å². The quantitative estimate of drug-likeness (QED) is 0.253. The van der Waals surface area contributed by atoms with Crippen LogP contribution in [0.2, 0.25) is 0 Å². The van der Waals surface area contributed by atoms with Crippen molar-refractivity contribution in [1.29, 1.82) is 0 Å². The minimum Gasteiger partial charge on any atom is -0.488 e. The van der Waals surface area contributed by atoms with Gasteiger partial charge in [0.15, 0.2) is 0 Å². The summed E-state index contributed by atoms with van der Waals surface area (Å²) in [5, 5.41) is 5.96. The number of halogens is 1. The van der Waals surface area contributed by atoms with Crippen molar-refractivity contribution in [2.24, 2.45) is 5.10 Å². The van der Waals surface area contributed by atoms with Gasteiger partial charge in [-0.05, 0) is 53.6 Å². The van der Waals surface area contributed by atoms with E-state index in [1.54, 1.807) is 24.3 Å². The van der Waals surface area contributed by atoms with E-state index in [1.807, 2.05) is 67.6 Å². The van der Waals surface area contributed by atoms with Crippen LogP contribution in [0.1, 0.15) is 16.7 Å². The summed E-state index contributed by atoms with van der Waals surface area (Å²) in [5.41, 5.74) is 2.69. The summed E-state index contributed by atoms with van der Waals surface area (Å²) < 4.78 is 32.2. The van der Waals surface area contributed by atoms with Gasteiger partial charge in [0.05, 0.1) is 11.1 Å². The average molecular weight is 509 g/mol. The molecule has 0 atom stereocenters. The van der Waals surface area contributed by atoms with Crippen LogP contribution in [0.5, 0.6) is 5.75 Å². The topological polar surface area (TPSA) is 67.8 Å². The minimum atomic E-state index is -3.77. The summed E-state index contributed by atoms with van der Waals surface area (Å²) in [4.78, 5) is 2.45. The number of hydrogen-bond donors (Lipinski definition) is 1. The molecule has 0 bridgehead atoms. The van der Waals surface area contributed by atoms with Gasteiger partial charge in [-0.1, -0.05) is 76.1 Å². The van der Waals surface area contributed by atoms with Crippen molar-refractivity contribution in [2.75, 3.05) is 0 Å². The third-order valence-corrected chi connectivity index (χ3v) is 6.64. The first kappa shape index (κ1) is 22.0. The van der Waals surface area contributed by atoms with E-state index in [0.717, 1.165) is 26.4 Å². The first-order chi connectivity index (χ1) is 15.4. The Morgan fingerprint density at radius 3 is 2.53 bits per heavy atom. The van der Waals surface area contributed by atoms with Crippen molar-refractivity contribution in [1.82, 2.24) is 4.83 Å². The third kappa shape index (κ3) is 5.18. The summed E-state index contributed by atoms with van der Waals surface area (Å²) in [7, 11) is -3.77. The van der Waals surface area contributed by atoms with Crippen LogP contribution >= 0.6 is 15.9 Å².